The van der Waals surface area contributed by atoms with Gasteiger partial charge in [0.2, 0.25) is 5.91 Å². The highest BCUT2D eigenvalue weighted by molar-refractivity contribution is 5.76. The van der Waals surface area contributed by atoms with Gasteiger partial charge in [-0.3, -0.25) is 4.79 Å². The lowest BCUT2D eigenvalue weighted by Crippen LogP contribution is -2.41. The molecule has 0 heterocycles. The Hall–Kier alpha value is -1.51. The third kappa shape index (κ3) is 4.26. The lowest BCUT2D eigenvalue weighted by atomic mass is 9.83. The number of aryl methyl sites for hydroxylation is 1. The minimum Gasteiger partial charge on any atom is -0.399 e. The Balaban J connectivity index is 1.80. The van der Waals surface area contributed by atoms with E-state index in [0.29, 0.717) is 18.4 Å². The molecule has 1 aromatic carbocycles. The molecule has 110 valence electrons. The van der Waals surface area contributed by atoms with E-state index in [1.165, 1.54) is 25.7 Å². The van der Waals surface area contributed by atoms with Crippen LogP contribution in [0.15, 0.2) is 24.3 Å². The molecule has 1 aliphatic rings. The van der Waals surface area contributed by atoms with Gasteiger partial charge in [0.05, 0.1) is 0 Å². The Kier molecular flexibility index (Phi) is 5.45. The Labute approximate surface area is 121 Å². The first-order valence-corrected chi connectivity index (χ1v) is 7.83. The van der Waals surface area contributed by atoms with E-state index in [4.69, 9.17) is 5.73 Å². The van der Waals surface area contributed by atoms with Crippen LogP contribution in [0.1, 0.15) is 51.0 Å². The Bertz CT molecular complexity index is 444. The fourth-order valence-electron chi connectivity index (χ4n) is 3.17. The van der Waals surface area contributed by atoms with Gasteiger partial charge in [0.15, 0.2) is 0 Å². The molecule has 0 saturated heterocycles. The van der Waals surface area contributed by atoms with Gasteiger partial charge in [-0.05, 0) is 42.9 Å². The molecule has 2 unspecified atom stereocenters. The second-order valence-corrected chi connectivity index (χ2v) is 5.87. The molecule has 2 atom stereocenters. The van der Waals surface area contributed by atoms with Crippen molar-refractivity contribution in [3.05, 3.63) is 29.8 Å². The summed E-state index contributed by atoms with van der Waals surface area (Å²) in [6.07, 6.45) is 7.45. The third-order valence-electron chi connectivity index (χ3n) is 4.37. The number of anilines is 1. The molecule has 2 rings (SSSR count). The van der Waals surface area contributed by atoms with Gasteiger partial charge in [-0.15, -0.1) is 0 Å². The van der Waals surface area contributed by atoms with Gasteiger partial charge in [0, 0.05) is 18.2 Å². The maximum absolute atomic E-state index is 12.1. The zero-order chi connectivity index (χ0) is 14.4. The van der Waals surface area contributed by atoms with Crippen LogP contribution in [0, 0.1) is 5.92 Å². The first-order valence-electron chi connectivity index (χ1n) is 7.83. The van der Waals surface area contributed by atoms with E-state index in [-0.39, 0.29) is 5.91 Å². The normalized spacial score (nSPS) is 22.4. The van der Waals surface area contributed by atoms with Crippen molar-refractivity contribution in [3.8, 4) is 0 Å². The van der Waals surface area contributed by atoms with Crippen LogP contribution in [0.5, 0.6) is 0 Å². The van der Waals surface area contributed by atoms with Crippen molar-refractivity contribution >= 4 is 11.6 Å². The summed E-state index contributed by atoms with van der Waals surface area (Å²) in [7, 11) is 0. The Morgan fingerprint density at radius 2 is 2.15 bits per heavy atom. The first kappa shape index (κ1) is 14.9. The van der Waals surface area contributed by atoms with Crippen LogP contribution < -0.4 is 11.1 Å². The molecule has 1 amide bonds. The lowest BCUT2D eigenvalue weighted by Gasteiger charge is -2.31. The zero-order valence-electron chi connectivity index (χ0n) is 12.4. The summed E-state index contributed by atoms with van der Waals surface area (Å²) in [5, 5.41) is 3.23. The Morgan fingerprint density at radius 3 is 2.90 bits per heavy atom. The van der Waals surface area contributed by atoms with Crippen molar-refractivity contribution < 1.29 is 4.79 Å². The zero-order valence-corrected chi connectivity index (χ0v) is 12.4. The molecule has 3 N–H and O–H groups in total. The smallest absolute Gasteiger partial charge is 0.220 e. The molecule has 0 radical (unpaired) electrons. The third-order valence-corrected chi connectivity index (χ3v) is 4.37. The number of rotatable bonds is 5. The van der Waals surface area contributed by atoms with E-state index in [2.05, 4.69) is 12.2 Å². The molecule has 3 nitrogen and oxygen atoms in total. The maximum Gasteiger partial charge on any atom is 0.220 e. The maximum atomic E-state index is 12.1. The van der Waals surface area contributed by atoms with E-state index >= 15 is 0 Å². The van der Waals surface area contributed by atoms with Crippen LogP contribution in [0.4, 0.5) is 5.69 Å². The largest absolute Gasteiger partial charge is 0.399 e. The highest BCUT2D eigenvalue weighted by Gasteiger charge is 2.24. The summed E-state index contributed by atoms with van der Waals surface area (Å²) in [5.41, 5.74) is 7.65. The predicted molar refractivity (Wildman–Crippen MR) is 83.4 cm³/mol. The van der Waals surface area contributed by atoms with Crippen molar-refractivity contribution in [3.63, 3.8) is 0 Å². The van der Waals surface area contributed by atoms with Crippen molar-refractivity contribution in [2.75, 3.05) is 5.73 Å². The SMILES string of the molecule is CCC1CCCCC1NC(=O)CCc1cccc(N)c1. The summed E-state index contributed by atoms with van der Waals surface area (Å²) in [6, 6.07) is 8.18. The fraction of sp³-hybridized carbons (Fsp3) is 0.588. The number of nitrogens with two attached hydrogens (primary N) is 1. The van der Waals surface area contributed by atoms with Crippen LogP contribution in [0.25, 0.3) is 0 Å². The quantitative estimate of drug-likeness (QED) is 0.810. The molecule has 1 saturated carbocycles. The van der Waals surface area contributed by atoms with E-state index in [0.717, 1.165) is 24.1 Å². The number of hydrogen-bond acceptors (Lipinski definition) is 2. The van der Waals surface area contributed by atoms with E-state index < -0.39 is 0 Å². The number of nitrogens with one attached hydrogen (secondary N) is 1. The van der Waals surface area contributed by atoms with Gasteiger partial charge in [-0.25, -0.2) is 0 Å². The monoisotopic (exact) mass is 274 g/mol. The van der Waals surface area contributed by atoms with Crippen molar-refractivity contribution in [2.24, 2.45) is 5.92 Å². The molecule has 1 aromatic rings. The fourth-order valence-corrected chi connectivity index (χ4v) is 3.17. The molecule has 0 aliphatic heterocycles. The van der Waals surface area contributed by atoms with Gasteiger partial charge in [0.25, 0.3) is 0 Å². The minimum atomic E-state index is 0.178. The lowest BCUT2D eigenvalue weighted by molar-refractivity contribution is -0.122. The molecule has 3 heteroatoms. The van der Waals surface area contributed by atoms with Crippen LogP contribution in [0.2, 0.25) is 0 Å². The summed E-state index contributed by atoms with van der Waals surface area (Å²) < 4.78 is 0. The van der Waals surface area contributed by atoms with Crippen LogP contribution in [0.3, 0.4) is 0 Å². The minimum absolute atomic E-state index is 0.178. The van der Waals surface area contributed by atoms with Crippen molar-refractivity contribution in [1.82, 2.24) is 5.32 Å². The topological polar surface area (TPSA) is 55.1 Å². The molecule has 1 aliphatic carbocycles. The number of amides is 1. The number of carbonyl (C=O) groups is 1. The molecular formula is C17H26N2O. The summed E-state index contributed by atoms with van der Waals surface area (Å²) >= 11 is 0. The average molecular weight is 274 g/mol. The van der Waals surface area contributed by atoms with E-state index in [9.17, 15) is 4.79 Å². The summed E-state index contributed by atoms with van der Waals surface area (Å²) in [6.45, 7) is 2.22. The average Bonchev–Trinajstić information content (AvgIpc) is 2.46. The second kappa shape index (κ2) is 7.32. The Morgan fingerprint density at radius 1 is 1.35 bits per heavy atom. The highest BCUT2D eigenvalue weighted by atomic mass is 16.1. The summed E-state index contributed by atoms with van der Waals surface area (Å²) in [4.78, 5) is 12.1. The van der Waals surface area contributed by atoms with E-state index in [1.807, 2.05) is 24.3 Å². The molecule has 0 aromatic heterocycles. The van der Waals surface area contributed by atoms with Crippen LogP contribution >= 0.6 is 0 Å². The van der Waals surface area contributed by atoms with Gasteiger partial charge in [0.1, 0.15) is 0 Å². The first-order chi connectivity index (χ1) is 9.69. The van der Waals surface area contributed by atoms with Crippen molar-refractivity contribution in [2.45, 2.75) is 57.9 Å². The second-order valence-electron chi connectivity index (χ2n) is 5.87. The van der Waals surface area contributed by atoms with Crippen LogP contribution in [-0.4, -0.2) is 11.9 Å². The standard InChI is InChI=1S/C17H26N2O/c1-2-14-7-3-4-9-16(14)19-17(20)11-10-13-6-5-8-15(18)12-13/h5-6,8,12,14,16H,2-4,7,9-11,18H2,1H3,(H,19,20). The predicted octanol–water partition coefficient (Wildman–Crippen LogP) is 3.29. The van der Waals surface area contributed by atoms with Gasteiger partial charge in [-0.2, -0.15) is 0 Å². The number of carbonyl (C=O) groups excluding carboxylic acids is 1. The molecule has 1 fully saturated rings. The number of benzene rings is 1. The number of hydrogen-bond donors (Lipinski definition) is 2. The molecule has 0 spiro atoms. The van der Waals surface area contributed by atoms with E-state index in [1.54, 1.807) is 0 Å². The van der Waals surface area contributed by atoms with Gasteiger partial charge < -0.3 is 11.1 Å². The number of nitrogen functional groups attached to an aromatic ring is 1. The van der Waals surface area contributed by atoms with Crippen LogP contribution in [-0.2, 0) is 11.2 Å². The molecule has 20 heavy (non-hydrogen) atoms. The highest BCUT2D eigenvalue weighted by Crippen LogP contribution is 2.26. The van der Waals surface area contributed by atoms with Gasteiger partial charge in [-0.1, -0.05) is 38.3 Å². The summed E-state index contributed by atoms with van der Waals surface area (Å²) in [5.74, 6) is 0.845. The molecule has 0 bridgehead atoms. The molecular weight excluding hydrogens is 248 g/mol. The van der Waals surface area contributed by atoms with Crippen molar-refractivity contribution in [1.29, 1.82) is 0 Å². The van der Waals surface area contributed by atoms with Gasteiger partial charge >= 0.3 is 0 Å².